The molecule has 2 aromatic rings. The average molecular weight is 427 g/mol. The SMILES string of the molecule is Cc1sc(Br)cc1S(=O)(=O)Nc1cc(Br)ccc1O. The lowest BCUT2D eigenvalue weighted by molar-refractivity contribution is 0.477. The van der Waals surface area contributed by atoms with Gasteiger partial charge in [-0.1, -0.05) is 15.9 Å². The van der Waals surface area contributed by atoms with Crippen molar-refractivity contribution in [2.75, 3.05) is 4.72 Å². The van der Waals surface area contributed by atoms with E-state index in [1.54, 1.807) is 13.0 Å². The molecule has 0 spiro atoms. The first-order chi connectivity index (χ1) is 8.79. The molecule has 0 unspecified atom stereocenters. The number of hydrogen-bond donors (Lipinski definition) is 2. The van der Waals surface area contributed by atoms with Gasteiger partial charge >= 0.3 is 0 Å². The van der Waals surface area contributed by atoms with Crippen LogP contribution in [0.25, 0.3) is 0 Å². The molecule has 1 aromatic carbocycles. The van der Waals surface area contributed by atoms with E-state index in [0.717, 1.165) is 3.79 Å². The Morgan fingerprint density at radius 3 is 2.53 bits per heavy atom. The van der Waals surface area contributed by atoms with Crippen LogP contribution in [0.4, 0.5) is 5.69 Å². The number of benzene rings is 1. The van der Waals surface area contributed by atoms with E-state index >= 15 is 0 Å². The number of thiophene rings is 1. The van der Waals surface area contributed by atoms with Gasteiger partial charge in [-0.05, 0) is 47.1 Å². The molecule has 1 heterocycles. The summed E-state index contributed by atoms with van der Waals surface area (Å²) in [7, 11) is -3.71. The maximum atomic E-state index is 12.2. The molecule has 8 heteroatoms. The summed E-state index contributed by atoms with van der Waals surface area (Å²) >= 11 is 7.82. The molecule has 2 rings (SSSR count). The number of phenolic OH excluding ortho intramolecular Hbond substituents is 1. The van der Waals surface area contributed by atoms with E-state index in [1.165, 1.54) is 29.5 Å². The Bertz CT molecular complexity index is 726. The standard InChI is InChI=1S/C11H9Br2NO3S2/c1-6-10(5-11(13)18-6)19(16,17)14-8-4-7(12)2-3-9(8)15/h2-5,14-15H,1H3. The number of anilines is 1. The van der Waals surface area contributed by atoms with Gasteiger partial charge in [0, 0.05) is 9.35 Å². The Hall–Kier alpha value is -0.570. The quantitative estimate of drug-likeness (QED) is 0.726. The van der Waals surface area contributed by atoms with Gasteiger partial charge in [-0.25, -0.2) is 8.42 Å². The minimum Gasteiger partial charge on any atom is -0.506 e. The molecule has 19 heavy (non-hydrogen) atoms. The van der Waals surface area contributed by atoms with Gasteiger partial charge in [0.1, 0.15) is 10.6 Å². The molecule has 0 bridgehead atoms. The number of sulfonamides is 1. The van der Waals surface area contributed by atoms with Gasteiger partial charge in [0.05, 0.1) is 9.47 Å². The van der Waals surface area contributed by atoms with E-state index in [0.29, 0.717) is 9.35 Å². The summed E-state index contributed by atoms with van der Waals surface area (Å²) in [5.74, 6) is -0.126. The molecule has 0 atom stereocenters. The van der Waals surface area contributed by atoms with Gasteiger partial charge in [0.25, 0.3) is 10.0 Å². The maximum Gasteiger partial charge on any atom is 0.263 e. The van der Waals surface area contributed by atoms with Gasteiger partial charge in [-0.3, -0.25) is 4.72 Å². The van der Waals surface area contributed by atoms with Crippen molar-refractivity contribution in [1.29, 1.82) is 0 Å². The van der Waals surface area contributed by atoms with E-state index < -0.39 is 10.0 Å². The summed E-state index contributed by atoms with van der Waals surface area (Å²) < 4.78 is 28.3. The predicted octanol–water partition coefficient (Wildman–Crippen LogP) is 4.09. The predicted molar refractivity (Wildman–Crippen MR) is 83.4 cm³/mol. The molecule has 0 radical (unpaired) electrons. The minimum atomic E-state index is -3.71. The van der Waals surface area contributed by atoms with Gasteiger partial charge in [0.15, 0.2) is 0 Å². The van der Waals surface area contributed by atoms with Crippen molar-refractivity contribution in [3.63, 3.8) is 0 Å². The second-order valence-corrected chi connectivity index (χ2v) is 8.94. The first-order valence-electron chi connectivity index (χ1n) is 5.07. The maximum absolute atomic E-state index is 12.2. The number of halogens is 2. The number of nitrogens with one attached hydrogen (secondary N) is 1. The Labute approximate surface area is 131 Å². The van der Waals surface area contributed by atoms with E-state index in [9.17, 15) is 13.5 Å². The van der Waals surface area contributed by atoms with Crippen LogP contribution in [-0.2, 0) is 10.0 Å². The van der Waals surface area contributed by atoms with Crippen molar-refractivity contribution in [2.24, 2.45) is 0 Å². The second-order valence-electron chi connectivity index (χ2n) is 3.74. The molecule has 0 aliphatic rings. The van der Waals surface area contributed by atoms with Gasteiger partial charge in [-0.2, -0.15) is 0 Å². The van der Waals surface area contributed by atoms with Crippen LogP contribution < -0.4 is 4.72 Å². The summed E-state index contributed by atoms with van der Waals surface area (Å²) in [6.45, 7) is 1.73. The monoisotopic (exact) mass is 425 g/mol. The zero-order chi connectivity index (χ0) is 14.2. The van der Waals surface area contributed by atoms with Gasteiger partial charge < -0.3 is 5.11 Å². The summed E-state index contributed by atoms with van der Waals surface area (Å²) in [5.41, 5.74) is 0.135. The fraction of sp³-hybridized carbons (Fsp3) is 0.0909. The van der Waals surface area contributed by atoms with Crippen LogP contribution in [0, 0.1) is 6.92 Å². The molecule has 0 saturated heterocycles. The van der Waals surface area contributed by atoms with E-state index in [2.05, 4.69) is 36.6 Å². The Balaban J connectivity index is 2.42. The summed E-state index contributed by atoms with van der Waals surface area (Å²) in [6.07, 6.45) is 0. The third kappa shape index (κ3) is 3.31. The molecular weight excluding hydrogens is 418 g/mol. The summed E-state index contributed by atoms with van der Waals surface area (Å²) in [5, 5.41) is 9.67. The zero-order valence-electron chi connectivity index (χ0n) is 9.65. The number of rotatable bonds is 3. The van der Waals surface area contributed by atoms with Crippen LogP contribution in [0.2, 0.25) is 0 Å². The first-order valence-corrected chi connectivity index (χ1v) is 8.95. The largest absolute Gasteiger partial charge is 0.506 e. The third-order valence-corrected chi connectivity index (χ3v) is 6.00. The molecule has 0 aliphatic heterocycles. The molecule has 4 nitrogen and oxygen atoms in total. The molecule has 0 fully saturated rings. The fourth-order valence-corrected chi connectivity index (χ4v) is 5.33. The number of aromatic hydroxyl groups is 1. The van der Waals surface area contributed by atoms with Crippen LogP contribution in [-0.4, -0.2) is 13.5 Å². The topological polar surface area (TPSA) is 66.4 Å². The average Bonchev–Trinajstić information content (AvgIpc) is 2.63. The Morgan fingerprint density at radius 1 is 1.26 bits per heavy atom. The Kier molecular flexibility index (Phi) is 4.24. The van der Waals surface area contributed by atoms with E-state index in [1.807, 2.05) is 0 Å². The highest BCUT2D eigenvalue weighted by Gasteiger charge is 2.20. The van der Waals surface area contributed by atoms with E-state index in [4.69, 9.17) is 0 Å². The fourth-order valence-electron chi connectivity index (χ4n) is 1.49. The van der Waals surface area contributed by atoms with Crippen LogP contribution in [0.15, 0.2) is 37.4 Å². The second kappa shape index (κ2) is 5.43. The number of hydrogen-bond acceptors (Lipinski definition) is 4. The lowest BCUT2D eigenvalue weighted by Gasteiger charge is -2.09. The molecule has 0 aliphatic carbocycles. The molecule has 2 N–H and O–H groups in total. The van der Waals surface area contributed by atoms with Crippen molar-refractivity contribution in [2.45, 2.75) is 11.8 Å². The third-order valence-electron chi connectivity index (χ3n) is 2.33. The van der Waals surface area contributed by atoms with Crippen LogP contribution in [0.1, 0.15) is 4.88 Å². The van der Waals surface area contributed by atoms with Crippen LogP contribution in [0.3, 0.4) is 0 Å². The van der Waals surface area contributed by atoms with Crippen molar-refractivity contribution in [1.82, 2.24) is 0 Å². The van der Waals surface area contributed by atoms with Crippen LogP contribution in [0.5, 0.6) is 5.75 Å². The zero-order valence-corrected chi connectivity index (χ0v) is 14.5. The number of phenols is 1. The van der Waals surface area contributed by atoms with E-state index in [-0.39, 0.29) is 16.3 Å². The van der Waals surface area contributed by atoms with Crippen LogP contribution >= 0.6 is 43.2 Å². The molecule has 102 valence electrons. The summed E-state index contributed by atoms with van der Waals surface area (Å²) in [4.78, 5) is 0.873. The van der Waals surface area contributed by atoms with Gasteiger partial charge in [0.2, 0.25) is 0 Å². The van der Waals surface area contributed by atoms with Gasteiger partial charge in [-0.15, -0.1) is 11.3 Å². The normalized spacial score (nSPS) is 11.5. The molecule has 1 aromatic heterocycles. The van der Waals surface area contributed by atoms with Crippen molar-refractivity contribution in [3.05, 3.63) is 37.4 Å². The minimum absolute atomic E-state index is 0.126. The lowest BCUT2D eigenvalue weighted by Crippen LogP contribution is -2.13. The van der Waals surface area contributed by atoms with Crippen molar-refractivity contribution < 1.29 is 13.5 Å². The Morgan fingerprint density at radius 2 is 1.95 bits per heavy atom. The van der Waals surface area contributed by atoms with Crippen molar-refractivity contribution in [3.8, 4) is 5.75 Å². The smallest absolute Gasteiger partial charge is 0.263 e. The highest BCUT2D eigenvalue weighted by molar-refractivity contribution is 9.11. The molecule has 0 amide bonds. The molecule has 0 saturated carbocycles. The first kappa shape index (κ1) is 14.8. The molecular formula is C11H9Br2NO3S2. The highest BCUT2D eigenvalue weighted by Crippen LogP contribution is 2.33. The lowest BCUT2D eigenvalue weighted by atomic mass is 10.3. The highest BCUT2D eigenvalue weighted by atomic mass is 79.9. The summed E-state index contributed by atoms with van der Waals surface area (Å²) in [6, 6.07) is 6.08. The number of aryl methyl sites for hydroxylation is 1. The van der Waals surface area contributed by atoms with Crippen molar-refractivity contribution >= 4 is 58.9 Å².